The number of nitrogens with zero attached hydrogens (tertiary/aromatic N) is 12. The van der Waals surface area contributed by atoms with Crippen LogP contribution >= 0.6 is 0 Å². The predicted octanol–water partition coefficient (Wildman–Crippen LogP) is 24.0. The zero-order chi connectivity index (χ0) is 77.3. The van der Waals surface area contributed by atoms with Gasteiger partial charge in [-0.2, -0.15) is 0 Å². The van der Waals surface area contributed by atoms with Crippen LogP contribution in [0.5, 0.6) is 0 Å². The summed E-state index contributed by atoms with van der Waals surface area (Å²) in [5, 5.41) is 17.5. The summed E-state index contributed by atoms with van der Waals surface area (Å²) in [4.78, 5) is 35.9. The van der Waals surface area contributed by atoms with Gasteiger partial charge in [0, 0.05) is 405 Å². The largest absolute Gasteiger partial charge is 0.334 e. The van der Waals surface area contributed by atoms with Gasteiger partial charge >= 0.3 is 0 Å². The van der Waals surface area contributed by atoms with Gasteiger partial charge in [0.15, 0.2) is 0 Å². The van der Waals surface area contributed by atoms with Gasteiger partial charge in [-0.25, -0.2) is 29.9 Å². The first-order chi connectivity index (χ1) is 54.5. The molecular weight excluding hydrogens is 1720 g/mol. The number of para-hydroxylation sites is 7. The Morgan fingerprint density at radius 1 is 0.233 bits per heavy atom. The third kappa shape index (κ3) is 28.1. The molecular formula is C99H108Ar9N12. The molecule has 120 heavy (non-hydrogen) atoms. The van der Waals surface area contributed by atoms with Crippen molar-refractivity contribution in [1.82, 2.24) is 58.3 Å². The third-order valence-electron chi connectivity index (χ3n) is 21.3. The van der Waals surface area contributed by atoms with Crippen LogP contribution in [0.25, 0.3) is 131 Å². The zero-order valence-corrected chi connectivity index (χ0v) is 76.8. The van der Waals surface area contributed by atoms with Crippen LogP contribution in [0.4, 0.5) is 0 Å². The van der Waals surface area contributed by atoms with Gasteiger partial charge in [0.05, 0.1) is 75.3 Å². The summed E-state index contributed by atoms with van der Waals surface area (Å²) in [5.74, 6) is 1.65. The molecule has 3 aliphatic rings. The molecule has 0 amide bonds. The van der Waals surface area contributed by atoms with E-state index < -0.39 is 0 Å². The molecule has 0 spiro atoms. The van der Waals surface area contributed by atoms with Crippen molar-refractivity contribution in [3.8, 4) is 0 Å². The van der Waals surface area contributed by atoms with E-state index >= 15 is 0 Å². The third-order valence-corrected chi connectivity index (χ3v) is 21.3. The Bertz CT molecular complexity index is 6170. The van der Waals surface area contributed by atoms with Crippen LogP contribution in [0.1, 0.15) is 114 Å². The van der Waals surface area contributed by atoms with Gasteiger partial charge in [-0.1, -0.05) is 217 Å². The Morgan fingerprint density at radius 3 is 0.875 bits per heavy atom. The smallest absolute Gasteiger partial charge is 0.148 e. The molecule has 0 N–H and O–H groups in total. The van der Waals surface area contributed by atoms with Gasteiger partial charge in [-0.05, 0) is 231 Å². The predicted molar refractivity (Wildman–Crippen MR) is 475 cm³/mol. The molecule has 0 radical (unpaired) electrons. The average Bonchev–Trinajstić information content (AvgIpc) is 1.61. The molecule has 6 aromatic heterocycles. The van der Waals surface area contributed by atoms with E-state index in [-0.39, 0.29) is 340 Å². The van der Waals surface area contributed by atoms with Crippen molar-refractivity contribution in [2.75, 3.05) is 60.4 Å². The minimum absolute atomic E-state index is 0. The quantitative estimate of drug-likeness (QED) is 0.161. The summed E-state index contributed by atoms with van der Waals surface area (Å²) in [6.07, 6.45) is 8.48. The minimum Gasteiger partial charge on any atom is -0.334 e. The van der Waals surface area contributed by atoms with E-state index in [0.29, 0.717) is 19.6 Å². The van der Waals surface area contributed by atoms with Crippen molar-refractivity contribution in [3.63, 3.8) is 0 Å². The number of hydrogen-bond acceptors (Lipinski definition) is 9. The van der Waals surface area contributed by atoms with Gasteiger partial charge in [0.2, 0.25) is 0 Å². The number of aryl methyl sites for hydroxylation is 3. The van der Waals surface area contributed by atoms with Gasteiger partial charge in [0.25, 0.3) is 0 Å². The summed E-state index contributed by atoms with van der Waals surface area (Å²) in [6, 6.07) is 89.9. The molecule has 12 aromatic carbocycles. The van der Waals surface area contributed by atoms with Crippen LogP contribution in [0.15, 0.2) is 255 Å². The fraction of sp³-hybridized carbons (Fsp3) is 0.273. The van der Waals surface area contributed by atoms with E-state index in [1.807, 2.05) is 90.9 Å². The number of rotatable bonds is 6. The van der Waals surface area contributed by atoms with Crippen LogP contribution in [0, 0.1) is 360 Å². The molecule has 0 saturated carbocycles. The van der Waals surface area contributed by atoms with Gasteiger partial charge in [-0.3, -0.25) is 0 Å². The summed E-state index contributed by atoms with van der Waals surface area (Å²) < 4.78 is 7.12. The van der Waals surface area contributed by atoms with Crippen LogP contribution in [0.2, 0.25) is 0 Å². The maximum absolute atomic E-state index is 4.94. The average molecular weight is 1830 g/mol. The first-order valence-electron chi connectivity index (χ1n) is 40.4. The van der Waals surface area contributed by atoms with Crippen molar-refractivity contribution in [2.24, 2.45) is 0 Å². The summed E-state index contributed by atoms with van der Waals surface area (Å²) in [7, 11) is 6.52. The number of benzene rings is 12. The Balaban J connectivity index is 0.000000321. The van der Waals surface area contributed by atoms with E-state index in [1.165, 1.54) is 176 Å². The van der Waals surface area contributed by atoms with Crippen molar-refractivity contribution >= 4 is 131 Å². The van der Waals surface area contributed by atoms with Crippen LogP contribution in [-0.2, 0) is 19.6 Å². The minimum atomic E-state index is 0. The van der Waals surface area contributed by atoms with Gasteiger partial charge in [0.1, 0.15) is 11.6 Å². The maximum atomic E-state index is 4.94. The number of fused-ring (bicyclic) bond motifs is 15. The Kier molecular flexibility index (Phi) is 53.1. The topological polar surface area (TPSA) is 102 Å². The first-order valence-corrected chi connectivity index (χ1v) is 40.4. The normalized spacial score (nSPS) is 12.5. The molecule has 12 nitrogen and oxygen atoms in total. The summed E-state index contributed by atoms with van der Waals surface area (Å²) in [5.41, 5.74) is 15.3. The second-order valence-corrected chi connectivity index (χ2v) is 28.7. The van der Waals surface area contributed by atoms with Crippen molar-refractivity contribution in [1.29, 1.82) is 0 Å². The number of hydrogen-bond donors (Lipinski definition) is 0. The molecule has 18 aromatic rings. The zero-order valence-electron chi connectivity index (χ0n) is 70.4. The fourth-order valence-corrected chi connectivity index (χ4v) is 15.8. The standard InChI is InChI=1S/3C26H19N3.3C5H11N.3C2H6.9Ar/c1-17-24(28-23-12-6-5-11-22(23)27-17)16-29-25-13-7-4-10-20(25)21-14-18-8-2-3-9-19(18)15-26(21)29;1-17-27-23-12-6-4-11-21(23)24(28-17)16-29-25-13-7-5-10-20(25)22-14-18-8-2-3-9-19(18)15-26(22)29;1-17-20-10-4-6-12-23(20)28-26(27-17)16-29-24-13-7-5-11-21(24)22-14-18-8-2-3-9-19(18)15-25(22)29;3*1-6-4-2-3-5-6;3*1-2;;;;;;;;;/h3*2-15H,16H2,1H3;3*2-5H2,1H3;3*1-2H3;;;;;;;;;. The van der Waals surface area contributed by atoms with E-state index in [4.69, 9.17) is 24.9 Å². The second kappa shape index (κ2) is 56.7. The fourth-order valence-electron chi connectivity index (χ4n) is 15.8. The van der Waals surface area contributed by atoms with Crippen LogP contribution in [-0.4, -0.2) is 119 Å². The summed E-state index contributed by atoms with van der Waals surface area (Å²) >= 11 is 0. The van der Waals surface area contributed by atoms with Crippen molar-refractivity contribution in [3.05, 3.63) is 289 Å². The molecule has 9 heterocycles. The monoisotopic (exact) mass is 1820 g/mol. The van der Waals surface area contributed by atoms with E-state index in [9.17, 15) is 0 Å². The molecule has 0 atom stereocenters. The van der Waals surface area contributed by atoms with Gasteiger partial charge in [-0.15, -0.1) is 0 Å². The molecule has 0 unspecified atom stereocenters. The molecule has 0 bridgehead atoms. The number of likely N-dealkylation sites (tertiary alicyclic amines) is 3. The molecule has 0 aliphatic carbocycles. The van der Waals surface area contributed by atoms with E-state index in [0.717, 1.165) is 67.3 Å². The Morgan fingerprint density at radius 2 is 0.517 bits per heavy atom. The maximum Gasteiger partial charge on any atom is 0.148 e. The molecule has 3 aliphatic heterocycles. The van der Waals surface area contributed by atoms with E-state index in [1.54, 1.807) is 0 Å². The molecule has 21 rings (SSSR count). The Hall–Kier alpha value is 0.0577. The van der Waals surface area contributed by atoms with Crippen molar-refractivity contribution < 1.29 is 340 Å². The SMILES string of the molecule is CC.CC.CC.CN1CCCC1.CN1CCCC1.CN1CCCC1.Cc1nc(Cn2c3ccccc3c3cc4ccccc4cc32)c2ccccc2n1.Cc1nc(Cn2c3ccccc3c3cc4ccccc4cc32)nc2ccccc12.Cc1nc2ccccc2nc1Cn1c2ccccc2c2cc3ccccc3cc21.[Ar].[Ar].[Ar].[Ar].[Ar].[Ar].[Ar].[Ar].[Ar]. The van der Waals surface area contributed by atoms with Crippen LogP contribution < -0.4 is 0 Å². The molecule has 3 saturated heterocycles. The van der Waals surface area contributed by atoms with Crippen molar-refractivity contribution in [2.45, 2.75) is 120 Å². The first kappa shape index (κ1) is 112. The molecule has 3 fully saturated rings. The van der Waals surface area contributed by atoms with E-state index in [2.05, 4.69) is 281 Å². The van der Waals surface area contributed by atoms with Gasteiger partial charge < -0.3 is 28.4 Å². The number of aromatic nitrogens is 9. The van der Waals surface area contributed by atoms with Crippen LogP contribution in [0.3, 0.4) is 0 Å². The Labute approximate surface area is 980 Å². The summed E-state index contributed by atoms with van der Waals surface area (Å²) in [6.45, 7) is 28.1. The second-order valence-electron chi connectivity index (χ2n) is 28.7. The molecule has 21 heteroatoms. The molecule has 636 valence electrons.